The summed E-state index contributed by atoms with van der Waals surface area (Å²) in [5.74, 6) is -0.785. The normalized spacial score (nSPS) is 30.1. The van der Waals surface area contributed by atoms with Crippen LogP contribution in [0.2, 0.25) is 5.02 Å². The van der Waals surface area contributed by atoms with Crippen LogP contribution in [-0.4, -0.2) is 73.1 Å². The maximum Gasteiger partial charge on any atom is 0.309 e. The molecular weight excluding hydrogens is 575 g/mol. The molecule has 2 aliphatic carbocycles. The zero-order valence-corrected chi connectivity index (χ0v) is 25.6. The van der Waals surface area contributed by atoms with Crippen LogP contribution in [0.5, 0.6) is 5.75 Å². The van der Waals surface area contributed by atoms with E-state index in [4.69, 9.17) is 16.3 Å². The average molecular weight is 617 g/mol. The molecule has 4 aliphatic rings. The minimum absolute atomic E-state index is 0.0446. The molecule has 0 amide bonds. The predicted molar refractivity (Wildman–Crippen MR) is 158 cm³/mol. The molecule has 6 atom stereocenters. The molecule has 234 valence electrons. The monoisotopic (exact) mass is 616 g/mol. The molecule has 43 heavy (non-hydrogen) atoms. The molecule has 1 saturated heterocycles. The lowest BCUT2D eigenvalue weighted by Gasteiger charge is -2.49. The Balaban J connectivity index is 1.37. The minimum atomic E-state index is -1.29. The number of nitrogens with zero attached hydrogens (tertiary/aromatic N) is 4. The number of halogens is 2. The molecule has 3 unspecified atom stereocenters. The van der Waals surface area contributed by atoms with Gasteiger partial charge in [-0.15, -0.1) is 0 Å². The van der Waals surface area contributed by atoms with Crippen molar-refractivity contribution in [3.63, 3.8) is 0 Å². The van der Waals surface area contributed by atoms with Crippen LogP contribution in [0, 0.1) is 16.7 Å². The van der Waals surface area contributed by atoms with Crippen LogP contribution < -0.4 is 4.74 Å². The van der Waals surface area contributed by atoms with Crippen LogP contribution in [0.3, 0.4) is 0 Å². The number of carboxylic acids is 1. The Bertz CT molecular complexity index is 1360. The van der Waals surface area contributed by atoms with E-state index in [1.807, 2.05) is 4.90 Å². The average Bonchev–Trinajstić information content (AvgIpc) is 3.67. The molecule has 1 aromatic heterocycles. The number of ether oxygens (including phenoxy) is 1. The van der Waals surface area contributed by atoms with Crippen molar-refractivity contribution in [3.8, 4) is 5.75 Å². The molecule has 3 fully saturated rings. The Labute approximate surface area is 257 Å². The van der Waals surface area contributed by atoms with Crippen molar-refractivity contribution in [1.82, 2.24) is 19.8 Å². The highest BCUT2D eigenvalue weighted by molar-refractivity contribution is 6.31. The lowest BCUT2D eigenvalue weighted by molar-refractivity contribution is -0.169. The summed E-state index contributed by atoms with van der Waals surface area (Å²) in [7, 11) is 0. The number of alkyl halides is 1. The van der Waals surface area contributed by atoms with Gasteiger partial charge < -0.3 is 20.1 Å². The van der Waals surface area contributed by atoms with Gasteiger partial charge in [-0.05, 0) is 75.5 Å². The number of benzene rings is 1. The van der Waals surface area contributed by atoms with Crippen molar-refractivity contribution >= 4 is 17.6 Å². The van der Waals surface area contributed by atoms with Crippen LogP contribution >= 0.6 is 11.6 Å². The van der Waals surface area contributed by atoms with E-state index < -0.39 is 42.0 Å². The van der Waals surface area contributed by atoms with Crippen molar-refractivity contribution in [1.29, 1.82) is 0 Å². The Morgan fingerprint density at radius 1 is 1.28 bits per heavy atom. The summed E-state index contributed by atoms with van der Waals surface area (Å²) < 4.78 is 20.7. The molecule has 3 heterocycles. The molecule has 0 bridgehead atoms. The molecule has 3 N–H and O–H groups in total. The lowest BCUT2D eigenvalue weighted by atomic mass is 9.66. The van der Waals surface area contributed by atoms with Gasteiger partial charge in [0.2, 0.25) is 0 Å². The Kier molecular flexibility index (Phi) is 8.45. The first-order valence-corrected chi connectivity index (χ1v) is 15.9. The van der Waals surface area contributed by atoms with Crippen LogP contribution in [0.15, 0.2) is 24.7 Å². The smallest absolute Gasteiger partial charge is 0.309 e. The maximum absolute atomic E-state index is 14.3. The maximum atomic E-state index is 14.3. The van der Waals surface area contributed by atoms with Gasteiger partial charge >= 0.3 is 5.97 Å². The van der Waals surface area contributed by atoms with E-state index in [0.29, 0.717) is 48.7 Å². The van der Waals surface area contributed by atoms with Crippen LogP contribution in [0.1, 0.15) is 93.4 Å². The van der Waals surface area contributed by atoms with E-state index in [1.54, 1.807) is 25.3 Å². The van der Waals surface area contributed by atoms with Crippen molar-refractivity contribution < 1.29 is 29.2 Å². The van der Waals surface area contributed by atoms with E-state index >= 15 is 0 Å². The molecule has 6 rings (SSSR count). The minimum Gasteiger partial charge on any atom is -0.488 e. The molecule has 1 aromatic carbocycles. The summed E-state index contributed by atoms with van der Waals surface area (Å²) >= 11 is 6.78. The van der Waals surface area contributed by atoms with Crippen molar-refractivity contribution in [2.75, 3.05) is 19.6 Å². The Morgan fingerprint density at radius 3 is 2.77 bits per heavy atom. The number of likely N-dealkylation sites (tertiary alicyclic amines) is 1. The van der Waals surface area contributed by atoms with Crippen molar-refractivity contribution in [2.24, 2.45) is 16.7 Å². The highest BCUT2D eigenvalue weighted by atomic mass is 35.5. The summed E-state index contributed by atoms with van der Waals surface area (Å²) in [4.78, 5) is 24.8. The summed E-state index contributed by atoms with van der Waals surface area (Å²) in [6.45, 7) is 4.92. The molecule has 11 heteroatoms. The number of hydrogen-bond acceptors (Lipinski definition) is 8. The standard InChI is InChI=1S/C32H42ClFN4O5/c1-19(34)28-20(14-35-18-36-28)16-43-25-7-6-23(33)21-8-12-38(29(40)22-5-3-4-9-31(22,2)30(41)42)24(27(21)25)15-37-17-32(10-11-32)13-26(37)39/h6-7,14,18-19,22,24,26,29,39-40H,3-5,8-13,15-17H2,1-2H3,(H,41,42)/t19?,22-,24+,26?,29?,31-/m0/s1. The van der Waals surface area contributed by atoms with Gasteiger partial charge in [0.05, 0.1) is 17.2 Å². The number of rotatable bonds is 9. The van der Waals surface area contributed by atoms with E-state index in [1.165, 1.54) is 13.3 Å². The number of aliphatic hydroxyl groups excluding tert-OH is 2. The topological polar surface area (TPSA) is 119 Å². The van der Waals surface area contributed by atoms with Crippen LogP contribution in [0.4, 0.5) is 4.39 Å². The highest BCUT2D eigenvalue weighted by Crippen LogP contribution is 2.55. The van der Waals surface area contributed by atoms with Gasteiger partial charge in [0.15, 0.2) is 0 Å². The zero-order valence-electron chi connectivity index (χ0n) is 24.9. The van der Waals surface area contributed by atoms with E-state index in [-0.39, 0.29) is 17.7 Å². The molecular formula is C32H42ClFN4O5. The first-order chi connectivity index (χ1) is 20.5. The van der Waals surface area contributed by atoms with Gasteiger partial charge in [-0.1, -0.05) is 24.4 Å². The van der Waals surface area contributed by atoms with E-state index in [2.05, 4.69) is 14.9 Å². The zero-order chi connectivity index (χ0) is 30.5. The predicted octanol–water partition coefficient (Wildman–Crippen LogP) is 5.04. The Morgan fingerprint density at radius 2 is 2.07 bits per heavy atom. The summed E-state index contributed by atoms with van der Waals surface area (Å²) in [6, 6.07) is 3.19. The van der Waals surface area contributed by atoms with Crippen LogP contribution in [0.25, 0.3) is 0 Å². The second-order valence-electron chi connectivity index (χ2n) is 13.4. The molecule has 2 saturated carbocycles. The largest absolute Gasteiger partial charge is 0.488 e. The number of aliphatic hydroxyl groups is 2. The summed E-state index contributed by atoms with van der Waals surface area (Å²) in [5.41, 5.74) is 1.65. The number of aliphatic carboxylic acids is 1. The fraction of sp³-hybridized carbons (Fsp3) is 0.656. The van der Waals surface area contributed by atoms with Crippen molar-refractivity contribution in [2.45, 2.75) is 96.5 Å². The Hall–Kier alpha value is -2.37. The highest BCUT2D eigenvalue weighted by Gasteiger charge is 2.54. The first-order valence-electron chi connectivity index (χ1n) is 15.5. The third-order valence-corrected chi connectivity index (χ3v) is 11.0. The molecule has 1 spiro atoms. The van der Waals surface area contributed by atoms with Gasteiger partial charge in [-0.3, -0.25) is 14.6 Å². The molecule has 0 radical (unpaired) electrons. The van der Waals surface area contributed by atoms with E-state index in [9.17, 15) is 24.5 Å². The molecule has 2 aliphatic heterocycles. The van der Waals surface area contributed by atoms with Crippen LogP contribution in [-0.2, 0) is 17.8 Å². The number of carboxylic acid groups (broad SMARTS) is 1. The van der Waals surface area contributed by atoms with Gasteiger partial charge in [0.25, 0.3) is 0 Å². The number of hydrogen-bond donors (Lipinski definition) is 3. The third kappa shape index (κ3) is 5.77. The second-order valence-corrected chi connectivity index (χ2v) is 13.8. The number of fused-ring (bicyclic) bond motifs is 1. The number of carbonyl (C=O) groups is 1. The van der Waals surface area contributed by atoms with Gasteiger partial charge in [-0.2, -0.15) is 0 Å². The molecule has 2 aromatic rings. The van der Waals surface area contributed by atoms with Gasteiger partial charge in [-0.25, -0.2) is 14.4 Å². The van der Waals surface area contributed by atoms with E-state index in [0.717, 1.165) is 49.8 Å². The molecule has 9 nitrogen and oxygen atoms in total. The fourth-order valence-corrected chi connectivity index (χ4v) is 8.09. The lowest BCUT2D eigenvalue weighted by Crippen LogP contribution is -2.55. The van der Waals surface area contributed by atoms with Gasteiger partial charge in [0, 0.05) is 47.9 Å². The number of aromatic nitrogens is 2. The van der Waals surface area contributed by atoms with Gasteiger partial charge in [0.1, 0.15) is 37.3 Å². The quantitative estimate of drug-likeness (QED) is 0.356. The first kappa shape index (κ1) is 30.6. The summed E-state index contributed by atoms with van der Waals surface area (Å²) in [5, 5.41) is 34.0. The fourth-order valence-electron chi connectivity index (χ4n) is 7.83. The summed E-state index contributed by atoms with van der Waals surface area (Å²) in [6.07, 6.45) is 6.26. The SMILES string of the molecule is CC(F)c1ncncc1COc1ccc(Cl)c2c1[C@@H](CN1CC3(CC3)CC1O)N(C(O)[C@@H]1CCCC[C@]1(C)C(=O)O)CC2. The van der Waals surface area contributed by atoms with Crippen molar-refractivity contribution in [3.05, 3.63) is 52.1 Å². The third-order valence-electron chi connectivity index (χ3n) is 10.6. The second kappa shape index (κ2) is 11.9.